The van der Waals surface area contributed by atoms with Crippen LogP contribution in [0.5, 0.6) is 23.0 Å². The Labute approximate surface area is 135 Å². The quantitative estimate of drug-likeness (QED) is 0.780. The Morgan fingerprint density at radius 1 is 0.833 bits per heavy atom. The van der Waals surface area contributed by atoms with Crippen molar-refractivity contribution in [3.8, 4) is 23.0 Å². The van der Waals surface area contributed by atoms with Crippen LogP contribution in [-0.4, -0.2) is 19.5 Å². The summed E-state index contributed by atoms with van der Waals surface area (Å²) >= 11 is 0. The van der Waals surface area contributed by atoms with Gasteiger partial charge in [-0.05, 0) is 24.3 Å². The number of nitrogens with one attached hydrogen (secondary N) is 1. The fourth-order valence-electron chi connectivity index (χ4n) is 2.71. The zero-order chi connectivity index (χ0) is 16.1. The SMILES string of the molecule is O=C(Nc1ccc2c(c1)OCO2)c1cc2cc3c(cc2o1)OCO3. The van der Waals surface area contributed by atoms with Gasteiger partial charge in [-0.2, -0.15) is 0 Å². The molecule has 7 nitrogen and oxygen atoms in total. The smallest absolute Gasteiger partial charge is 0.291 e. The monoisotopic (exact) mass is 325 g/mol. The van der Waals surface area contributed by atoms with E-state index in [-0.39, 0.29) is 25.3 Å². The first-order chi connectivity index (χ1) is 11.8. The summed E-state index contributed by atoms with van der Waals surface area (Å²) in [6.45, 7) is 0.379. The third kappa shape index (κ3) is 2.02. The molecule has 24 heavy (non-hydrogen) atoms. The maximum atomic E-state index is 12.4. The van der Waals surface area contributed by atoms with Crippen molar-refractivity contribution in [3.05, 3.63) is 42.2 Å². The standard InChI is InChI=1S/C17H11NO6/c19-17(18-10-1-2-11-14(5-10)22-7-20-11)16-4-9-3-13-15(23-8-21-13)6-12(9)24-16/h1-6H,7-8H2,(H,18,19). The van der Waals surface area contributed by atoms with E-state index in [4.69, 9.17) is 23.4 Å². The van der Waals surface area contributed by atoms with Crippen LogP contribution in [0.4, 0.5) is 5.69 Å². The number of hydrogen-bond donors (Lipinski definition) is 1. The Balaban J connectivity index is 1.43. The number of rotatable bonds is 2. The Morgan fingerprint density at radius 2 is 1.54 bits per heavy atom. The lowest BCUT2D eigenvalue weighted by Crippen LogP contribution is -2.10. The molecule has 7 heteroatoms. The van der Waals surface area contributed by atoms with Crippen LogP contribution in [0.3, 0.4) is 0 Å². The number of hydrogen-bond acceptors (Lipinski definition) is 6. The van der Waals surface area contributed by atoms with Crippen molar-refractivity contribution in [3.63, 3.8) is 0 Å². The normalized spacial score (nSPS) is 14.2. The molecule has 0 fully saturated rings. The van der Waals surface area contributed by atoms with Crippen LogP contribution in [0.2, 0.25) is 0 Å². The van der Waals surface area contributed by atoms with Crippen molar-refractivity contribution >= 4 is 22.6 Å². The van der Waals surface area contributed by atoms with Crippen molar-refractivity contribution in [2.45, 2.75) is 0 Å². The molecular weight excluding hydrogens is 314 g/mol. The van der Waals surface area contributed by atoms with Crippen LogP contribution in [0.1, 0.15) is 10.6 Å². The highest BCUT2D eigenvalue weighted by Crippen LogP contribution is 2.37. The fourth-order valence-corrected chi connectivity index (χ4v) is 2.71. The third-order valence-electron chi connectivity index (χ3n) is 3.87. The maximum absolute atomic E-state index is 12.4. The van der Waals surface area contributed by atoms with Crippen LogP contribution in [0.25, 0.3) is 11.0 Å². The van der Waals surface area contributed by atoms with E-state index in [2.05, 4.69) is 5.32 Å². The Morgan fingerprint density at radius 3 is 2.38 bits per heavy atom. The van der Waals surface area contributed by atoms with Gasteiger partial charge in [-0.3, -0.25) is 4.79 Å². The van der Waals surface area contributed by atoms with Gasteiger partial charge in [0.1, 0.15) is 5.58 Å². The summed E-state index contributed by atoms with van der Waals surface area (Å²) in [5.74, 6) is 2.36. The number of fused-ring (bicyclic) bond motifs is 3. The van der Waals surface area contributed by atoms with Gasteiger partial charge in [0.2, 0.25) is 13.6 Å². The Kier molecular flexibility index (Phi) is 2.64. The molecular formula is C17H11NO6. The fraction of sp³-hybridized carbons (Fsp3) is 0.118. The first-order valence-corrected chi connectivity index (χ1v) is 7.30. The summed E-state index contributed by atoms with van der Waals surface area (Å²) in [4.78, 5) is 12.4. The lowest BCUT2D eigenvalue weighted by atomic mass is 10.2. The molecule has 2 aromatic carbocycles. The van der Waals surface area contributed by atoms with Crippen LogP contribution >= 0.6 is 0 Å². The van der Waals surface area contributed by atoms with E-state index in [0.29, 0.717) is 34.3 Å². The van der Waals surface area contributed by atoms with Crippen molar-refractivity contribution < 1.29 is 28.2 Å². The predicted octanol–water partition coefficient (Wildman–Crippen LogP) is 3.14. The Bertz CT molecular complexity index is 936. The summed E-state index contributed by atoms with van der Waals surface area (Å²) in [5.41, 5.74) is 1.16. The molecule has 1 aromatic heterocycles. The van der Waals surface area contributed by atoms with E-state index in [1.807, 2.05) is 0 Å². The molecule has 120 valence electrons. The second kappa shape index (κ2) is 4.82. The number of carbonyl (C=O) groups excluding carboxylic acids is 1. The van der Waals surface area contributed by atoms with E-state index < -0.39 is 0 Å². The van der Waals surface area contributed by atoms with Crippen LogP contribution in [-0.2, 0) is 0 Å². The van der Waals surface area contributed by atoms with Gasteiger partial charge in [0.05, 0.1) is 0 Å². The maximum Gasteiger partial charge on any atom is 0.291 e. The topological polar surface area (TPSA) is 79.2 Å². The van der Waals surface area contributed by atoms with Gasteiger partial charge in [0.15, 0.2) is 28.8 Å². The minimum atomic E-state index is -0.355. The van der Waals surface area contributed by atoms with Crippen LogP contribution < -0.4 is 24.3 Å². The van der Waals surface area contributed by atoms with Gasteiger partial charge >= 0.3 is 0 Å². The lowest BCUT2D eigenvalue weighted by molar-refractivity contribution is 0.0998. The number of carbonyl (C=O) groups is 1. The molecule has 0 radical (unpaired) electrons. The van der Waals surface area contributed by atoms with E-state index in [0.717, 1.165) is 5.39 Å². The van der Waals surface area contributed by atoms with Gasteiger partial charge < -0.3 is 28.7 Å². The molecule has 0 bridgehead atoms. The van der Waals surface area contributed by atoms with Gasteiger partial charge in [-0.25, -0.2) is 0 Å². The summed E-state index contributed by atoms with van der Waals surface area (Å²) in [5, 5.41) is 3.55. The number of furan rings is 1. The van der Waals surface area contributed by atoms with Gasteiger partial charge in [-0.15, -0.1) is 0 Å². The molecule has 0 unspecified atom stereocenters. The molecule has 3 heterocycles. The first-order valence-electron chi connectivity index (χ1n) is 7.30. The molecule has 0 aliphatic carbocycles. The van der Waals surface area contributed by atoms with Crippen molar-refractivity contribution in [2.75, 3.05) is 18.9 Å². The van der Waals surface area contributed by atoms with Crippen LogP contribution in [0.15, 0.2) is 40.8 Å². The number of anilines is 1. The van der Waals surface area contributed by atoms with Gasteiger partial charge in [-0.1, -0.05) is 0 Å². The van der Waals surface area contributed by atoms with Crippen molar-refractivity contribution in [2.24, 2.45) is 0 Å². The van der Waals surface area contributed by atoms with Crippen LogP contribution in [0, 0.1) is 0 Å². The molecule has 0 saturated carbocycles. The summed E-state index contributed by atoms with van der Waals surface area (Å²) < 4.78 is 26.8. The zero-order valence-electron chi connectivity index (χ0n) is 12.3. The molecule has 1 N–H and O–H groups in total. The predicted molar refractivity (Wildman–Crippen MR) is 82.9 cm³/mol. The van der Waals surface area contributed by atoms with E-state index in [9.17, 15) is 4.79 Å². The molecule has 0 saturated heterocycles. The highest BCUT2D eigenvalue weighted by Gasteiger charge is 2.20. The number of benzene rings is 2. The minimum Gasteiger partial charge on any atom is -0.454 e. The molecule has 3 aromatic rings. The molecule has 5 rings (SSSR count). The lowest BCUT2D eigenvalue weighted by Gasteiger charge is -2.04. The molecule has 0 spiro atoms. The van der Waals surface area contributed by atoms with E-state index in [1.54, 1.807) is 36.4 Å². The molecule has 1 amide bonds. The summed E-state index contributed by atoms with van der Waals surface area (Å²) in [6, 6.07) is 10.4. The average molecular weight is 325 g/mol. The van der Waals surface area contributed by atoms with E-state index in [1.165, 1.54) is 0 Å². The molecule has 0 atom stereocenters. The number of ether oxygens (including phenoxy) is 4. The second-order valence-corrected chi connectivity index (χ2v) is 5.38. The largest absolute Gasteiger partial charge is 0.454 e. The number of amides is 1. The summed E-state index contributed by atoms with van der Waals surface area (Å²) in [6.07, 6.45) is 0. The second-order valence-electron chi connectivity index (χ2n) is 5.38. The zero-order valence-corrected chi connectivity index (χ0v) is 12.3. The minimum absolute atomic E-state index is 0.186. The average Bonchev–Trinajstić information content (AvgIpc) is 3.30. The summed E-state index contributed by atoms with van der Waals surface area (Å²) in [7, 11) is 0. The highest BCUT2D eigenvalue weighted by molar-refractivity contribution is 6.05. The molecule has 2 aliphatic rings. The van der Waals surface area contributed by atoms with Crippen molar-refractivity contribution in [1.82, 2.24) is 0 Å². The van der Waals surface area contributed by atoms with Gasteiger partial charge in [0, 0.05) is 23.2 Å². The first kappa shape index (κ1) is 13.1. The molecule has 2 aliphatic heterocycles. The van der Waals surface area contributed by atoms with E-state index >= 15 is 0 Å². The highest BCUT2D eigenvalue weighted by atomic mass is 16.7. The van der Waals surface area contributed by atoms with Gasteiger partial charge in [0.25, 0.3) is 5.91 Å². The van der Waals surface area contributed by atoms with Crippen molar-refractivity contribution in [1.29, 1.82) is 0 Å². The Hall–Kier alpha value is -3.35. The third-order valence-corrected chi connectivity index (χ3v) is 3.87.